The molecule has 0 radical (unpaired) electrons. The van der Waals surface area contributed by atoms with E-state index in [1.54, 1.807) is 0 Å². The van der Waals surface area contributed by atoms with Gasteiger partial charge in [0.05, 0.1) is 0 Å². The van der Waals surface area contributed by atoms with Crippen molar-refractivity contribution < 1.29 is 0 Å². The van der Waals surface area contributed by atoms with Crippen molar-refractivity contribution >= 4 is 7.85 Å². The molecule has 0 aromatic carbocycles. The van der Waals surface area contributed by atoms with E-state index in [0.717, 1.165) is 5.92 Å². The zero-order valence-electron chi connectivity index (χ0n) is 7.90. The highest BCUT2D eigenvalue weighted by Gasteiger charge is 2.20. The maximum Gasteiger partial charge on any atom is 0.127 e. The molecule has 11 heavy (non-hydrogen) atoms. The van der Waals surface area contributed by atoms with Gasteiger partial charge in [-0.25, -0.2) is 0 Å². The van der Waals surface area contributed by atoms with Gasteiger partial charge in [-0.1, -0.05) is 32.6 Å². The van der Waals surface area contributed by atoms with E-state index in [9.17, 15) is 0 Å². The van der Waals surface area contributed by atoms with Gasteiger partial charge in [0.15, 0.2) is 0 Å². The quantitative estimate of drug-likeness (QED) is 0.521. The van der Waals surface area contributed by atoms with Gasteiger partial charge < -0.3 is 5.73 Å². The summed E-state index contributed by atoms with van der Waals surface area (Å²) in [5.41, 5.74) is 6.23. The van der Waals surface area contributed by atoms with E-state index < -0.39 is 0 Å². The molecule has 0 amide bonds. The van der Waals surface area contributed by atoms with Crippen molar-refractivity contribution in [3.63, 3.8) is 0 Å². The van der Waals surface area contributed by atoms with E-state index in [4.69, 9.17) is 5.73 Å². The average Bonchev–Trinajstić information content (AvgIpc) is 1.83. The Kier molecular flexibility index (Phi) is 3.00. The highest BCUT2D eigenvalue weighted by atomic mass is 14.7. The Morgan fingerprint density at radius 3 is 2.18 bits per heavy atom. The smallest absolute Gasteiger partial charge is 0.127 e. The van der Waals surface area contributed by atoms with Crippen LogP contribution in [0.1, 0.15) is 45.4 Å². The molecule has 1 saturated carbocycles. The fourth-order valence-corrected chi connectivity index (χ4v) is 1.98. The summed E-state index contributed by atoms with van der Waals surface area (Å²) in [4.78, 5) is 0. The van der Waals surface area contributed by atoms with Crippen molar-refractivity contribution in [1.82, 2.24) is 0 Å². The maximum absolute atomic E-state index is 6.09. The summed E-state index contributed by atoms with van der Waals surface area (Å²) < 4.78 is 0. The van der Waals surface area contributed by atoms with E-state index in [-0.39, 0.29) is 5.44 Å². The van der Waals surface area contributed by atoms with Crippen molar-refractivity contribution in [2.75, 3.05) is 0 Å². The third-order valence-electron chi connectivity index (χ3n) is 2.89. The summed E-state index contributed by atoms with van der Waals surface area (Å²) in [6.45, 7) is 2.36. The predicted octanol–water partition coefficient (Wildman–Crippen LogP) is 1.26. The second-order valence-corrected chi connectivity index (χ2v) is 4.54. The average molecular weight is 153 g/mol. The molecule has 1 rings (SSSR count). The molecule has 0 aliphatic heterocycles. The third kappa shape index (κ3) is 3.28. The molecule has 0 unspecified atom stereocenters. The molecule has 0 spiro atoms. The van der Waals surface area contributed by atoms with Gasteiger partial charge in [-0.3, -0.25) is 0 Å². The third-order valence-corrected chi connectivity index (χ3v) is 2.89. The molecule has 1 aliphatic carbocycles. The second kappa shape index (κ2) is 3.62. The fourth-order valence-electron chi connectivity index (χ4n) is 1.98. The first kappa shape index (κ1) is 9.12. The Morgan fingerprint density at radius 2 is 1.73 bits per heavy atom. The lowest BCUT2D eigenvalue weighted by atomic mass is 9.69. The van der Waals surface area contributed by atoms with Crippen molar-refractivity contribution in [2.24, 2.45) is 11.7 Å². The molecular formula is C9H20BN. The largest absolute Gasteiger partial charge is 0.332 e. The van der Waals surface area contributed by atoms with Gasteiger partial charge in [0.25, 0.3) is 0 Å². The summed E-state index contributed by atoms with van der Waals surface area (Å²) in [7, 11) is 2.20. The molecule has 0 bridgehead atoms. The second-order valence-electron chi connectivity index (χ2n) is 4.54. The van der Waals surface area contributed by atoms with Crippen molar-refractivity contribution in [3.05, 3.63) is 0 Å². The van der Waals surface area contributed by atoms with Gasteiger partial charge in [0.1, 0.15) is 7.85 Å². The minimum atomic E-state index is 0.139. The van der Waals surface area contributed by atoms with Crippen LogP contribution >= 0.6 is 0 Å². The summed E-state index contributed by atoms with van der Waals surface area (Å²) in [6.07, 6.45) is 7.86. The van der Waals surface area contributed by atoms with E-state index in [1.807, 2.05) is 0 Å². The van der Waals surface area contributed by atoms with Crippen LogP contribution in [0, 0.1) is 5.92 Å². The van der Waals surface area contributed by atoms with Crippen LogP contribution in [0.4, 0.5) is 0 Å². The lowest BCUT2D eigenvalue weighted by Gasteiger charge is -2.28. The van der Waals surface area contributed by atoms with Crippen molar-refractivity contribution in [2.45, 2.75) is 50.9 Å². The first-order chi connectivity index (χ1) is 5.10. The first-order valence-electron chi connectivity index (χ1n) is 4.89. The van der Waals surface area contributed by atoms with E-state index in [0.29, 0.717) is 0 Å². The molecule has 0 aromatic heterocycles. The van der Waals surface area contributed by atoms with Crippen LogP contribution in [0.3, 0.4) is 0 Å². The number of hydrogen-bond donors (Lipinski definition) is 1. The lowest BCUT2D eigenvalue weighted by molar-refractivity contribution is 0.355. The van der Waals surface area contributed by atoms with Gasteiger partial charge in [-0.2, -0.15) is 0 Å². The summed E-state index contributed by atoms with van der Waals surface area (Å²) in [5.74, 6) is 0.936. The zero-order chi connectivity index (χ0) is 8.32. The molecule has 0 heterocycles. The Morgan fingerprint density at radius 1 is 1.27 bits per heavy atom. The number of rotatable bonds is 0. The predicted molar refractivity (Wildman–Crippen MR) is 52.3 cm³/mol. The Bertz CT molecular complexity index is 111. The van der Waals surface area contributed by atoms with Gasteiger partial charge in [-0.15, -0.1) is 0 Å². The van der Waals surface area contributed by atoms with Gasteiger partial charge in [-0.05, 0) is 24.2 Å². The SMILES string of the molecule is BC1(N)CCCC(C)CCC1. The van der Waals surface area contributed by atoms with E-state index in [1.165, 1.54) is 38.5 Å². The molecule has 1 fully saturated rings. The molecule has 1 nitrogen and oxygen atoms in total. The molecule has 2 N–H and O–H groups in total. The maximum atomic E-state index is 6.09. The zero-order valence-corrected chi connectivity index (χ0v) is 7.90. The highest BCUT2D eigenvalue weighted by molar-refractivity contribution is 6.15. The summed E-state index contributed by atoms with van der Waals surface area (Å²) in [6, 6.07) is 0. The van der Waals surface area contributed by atoms with Crippen LogP contribution in [0.5, 0.6) is 0 Å². The topological polar surface area (TPSA) is 26.0 Å². The molecule has 1 aliphatic rings. The Labute approximate surface area is 71.1 Å². The molecule has 64 valence electrons. The normalized spacial score (nSPS) is 41.1. The van der Waals surface area contributed by atoms with Crippen LogP contribution in [0.25, 0.3) is 0 Å². The van der Waals surface area contributed by atoms with E-state index in [2.05, 4.69) is 14.8 Å². The fraction of sp³-hybridized carbons (Fsp3) is 1.00. The summed E-state index contributed by atoms with van der Waals surface area (Å²) in [5, 5.41) is 0. The number of nitrogens with two attached hydrogens (primary N) is 1. The minimum Gasteiger partial charge on any atom is -0.332 e. The van der Waals surface area contributed by atoms with Gasteiger partial charge in [0, 0.05) is 0 Å². The molecule has 0 atom stereocenters. The lowest BCUT2D eigenvalue weighted by Crippen LogP contribution is -2.40. The minimum absolute atomic E-state index is 0.139. The molecule has 0 saturated heterocycles. The molecule has 0 aromatic rings. The molecule has 2 heteroatoms. The van der Waals surface area contributed by atoms with E-state index >= 15 is 0 Å². The Hall–Kier alpha value is 0.0249. The van der Waals surface area contributed by atoms with Gasteiger partial charge in [0.2, 0.25) is 0 Å². The van der Waals surface area contributed by atoms with Crippen LogP contribution in [0.15, 0.2) is 0 Å². The molecular weight excluding hydrogens is 133 g/mol. The van der Waals surface area contributed by atoms with Gasteiger partial charge >= 0.3 is 0 Å². The summed E-state index contributed by atoms with van der Waals surface area (Å²) >= 11 is 0. The van der Waals surface area contributed by atoms with Crippen LogP contribution < -0.4 is 5.73 Å². The first-order valence-corrected chi connectivity index (χ1v) is 4.89. The van der Waals surface area contributed by atoms with Crippen LogP contribution in [-0.2, 0) is 0 Å². The number of hydrogen-bond acceptors (Lipinski definition) is 1. The van der Waals surface area contributed by atoms with Crippen LogP contribution in [0.2, 0.25) is 0 Å². The monoisotopic (exact) mass is 153 g/mol. The Balaban J connectivity index is 2.35. The highest BCUT2D eigenvalue weighted by Crippen LogP contribution is 2.24. The van der Waals surface area contributed by atoms with Crippen molar-refractivity contribution in [3.8, 4) is 0 Å². The van der Waals surface area contributed by atoms with Crippen LogP contribution in [-0.4, -0.2) is 13.3 Å². The van der Waals surface area contributed by atoms with Crippen molar-refractivity contribution in [1.29, 1.82) is 0 Å². The standard InChI is InChI=1S/C9H20BN/c1-8-4-2-6-9(10,11)7-3-5-8/h8H,2-7,10-11H2,1H3.